The molecule has 0 fully saturated rings. The zero-order valence-corrected chi connectivity index (χ0v) is 13.0. The van der Waals surface area contributed by atoms with Gasteiger partial charge in [0.2, 0.25) is 0 Å². The van der Waals surface area contributed by atoms with Crippen molar-refractivity contribution >= 4 is 11.8 Å². The van der Waals surface area contributed by atoms with Crippen molar-refractivity contribution in [3.8, 4) is 5.75 Å². The fraction of sp³-hybridized carbons (Fsp3) is 0.294. The highest BCUT2D eigenvalue weighted by Crippen LogP contribution is 2.37. The molecule has 1 unspecified atom stereocenters. The van der Waals surface area contributed by atoms with Gasteiger partial charge in [0.05, 0.1) is 7.11 Å². The summed E-state index contributed by atoms with van der Waals surface area (Å²) >= 11 is 1.82. The predicted octanol–water partition coefficient (Wildman–Crippen LogP) is 4.10. The number of hydrogen-bond donors (Lipinski definition) is 1. The minimum absolute atomic E-state index is 0.241. The zero-order chi connectivity index (χ0) is 14.5. The van der Waals surface area contributed by atoms with E-state index >= 15 is 0 Å². The van der Waals surface area contributed by atoms with Crippen LogP contribution in [0.1, 0.15) is 21.9 Å². The molecule has 2 rings (SSSR count). The molecular formula is C17H21NOS. The average molecular weight is 287 g/mol. The highest BCUT2D eigenvalue weighted by atomic mass is 32.2. The molecule has 0 aliphatic heterocycles. The molecular weight excluding hydrogens is 266 g/mol. The first-order valence-corrected chi connectivity index (χ1v) is 7.60. The molecule has 1 atom stereocenters. The topological polar surface area (TPSA) is 35.2 Å². The highest BCUT2D eigenvalue weighted by molar-refractivity contribution is 7.99. The van der Waals surface area contributed by atoms with E-state index in [1.807, 2.05) is 23.9 Å². The van der Waals surface area contributed by atoms with Gasteiger partial charge in [0.15, 0.2) is 0 Å². The quantitative estimate of drug-likeness (QED) is 0.841. The summed E-state index contributed by atoms with van der Waals surface area (Å²) in [6, 6.07) is 14.7. The van der Waals surface area contributed by atoms with E-state index < -0.39 is 0 Å². The number of nitrogens with two attached hydrogens (primary N) is 1. The van der Waals surface area contributed by atoms with Gasteiger partial charge in [-0.3, -0.25) is 0 Å². The van der Waals surface area contributed by atoms with Crippen LogP contribution in [0.15, 0.2) is 47.4 Å². The van der Waals surface area contributed by atoms with Crippen LogP contribution < -0.4 is 10.5 Å². The van der Waals surface area contributed by atoms with E-state index in [9.17, 15) is 0 Å². The number of hydrogen-bond acceptors (Lipinski definition) is 3. The summed E-state index contributed by atoms with van der Waals surface area (Å²) < 4.78 is 5.29. The first-order chi connectivity index (χ1) is 9.63. The first kappa shape index (κ1) is 14.9. The monoisotopic (exact) mass is 287 g/mol. The second-order valence-corrected chi connectivity index (χ2v) is 6.13. The Hall–Kier alpha value is -1.45. The minimum Gasteiger partial charge on any atom is -0.497 e. The van der Waals surface area contributed by atoms with Gasteiger partial charge in [0.25, 0.3) is 0 Å². The lowest BCUT2D eigenvalue weighted by molar-refractivity contribution is 0.414. The Balaban J connectivity index is 2.26. The van der Waals surface area contributed by atoms with Gasteiger partial charge in [-0.25, -0.2) is 0 Å². The largest absolute Gasteiger partial charge is 0.497 e. The van der Waals surface area contributed by atoms with Crippen molar-refractivity contribution in [2.24, 2.45) is 5.73 Å². The maximum Gasteiger partial charge on any atom is 0.119 e. The molecule has 0 aromatic heterocycles. The second kappa shape index (κ2) is 6.82. The van der Waals surface area contributed by atoms with E-state index in [4.69, 9.17) is 10.5 Å². The summed E-state index contributed by atoms with van der Waals surface area (Å²) in [5.41, 5.74) is 9.75. The number of rotatable bonds is 5. The van der Waals surface area contributed by atoms with Crippen LogP contribution in [0.2, 0.25) is 0 Å². The molecule has 2 aromatic carbocycles. The molecule has 20 heavy (non-hydrogen) atoms. The van der Waals surface area contributed by atoms with Gasteiger partial charge in [-0.05, 0) is 43.2 Å². The molecule has 0 aliphatic carbocycles. The third-order valence-corrected chi connectivity index (χ3v) is 4.74. The number of ether oxygens (including phenoxy) is 1. The van der Waals surface area contributed by atoms with Gasteiger partial charge < -0.3 is 10.5 Å². The standard InChI is InChI=1S/C17H21NOS/c1-12-7-8-13(2)16(9-12)20-17(11-18)14-5-4-6-15(10-14)19-3/h4-10,17H,11,18H2,1-3H3. The Morgan fingerprint density at radius 1 is 1.15 bits per heavy atom. The van der Waals surface area contributed by atoms with Crippen molar-refractivity contribution in [2.75, 3.05) is 13.7 Å². The van der Waals surface area contributed by atoms with Crippen LogP contribution in [0.25, 0.3) is 0 Å². The van der Waals surface area contributed by atoms with Crippen LogP contribution in [0.3, 0.4) is 0 Å². The van der Waals surface area contributed by atoms with Crippen molar-refractivity contribution in [3.63, 3.8) is 0 Å². The Labute approximate surface area is 125 Å². The first-order valence-electron chi connectivity index (χ1n) is 6.72. The Kier molecular flexibility index (Phi) is 5.10. The highest BCUT2D eigenvalue weighted by Gasteiger charge is 2.13. The number of benzene rings is 2. The normalized spacial score (nSPS) is 12.2. The summed E-state index contributed by atoms with van der Waals surface area (Å²) in [6.45, 7) is 4.86. The molecule has 0 spiro atoms. The van der Waals surface area contributed by atoms with Crippen molar-refractivity contribution in [2.45, 2.75) is 24.0 Å². The summed E-state index contributed by atoms with van der Waals surface area (Å²) in [7, 11) is 1.69. The lowest BCUT2D eigenvalue weighted by atomic mass is 10.1. The van der Waals surface area contributed by atoms with E-state index in [1.54, 1.807) is 7.11 Å². The Bertz CT molecular complexity index is 583. The Morgan fingerprint density at radius 3 is 2.65 bits per heavy atom. The summed E-state index contributed by atoms with van der Waals surface area (Å²) in [4.78, 5) is 1.29. The summed E-state index contributed by atoms with van der Waals surface area (Å²) in [5.74, 6) is 0.877. The molecule has 0 saturated carbocycles. The fourth-order valence-electron chi connectivity index (χ4n) is 2.08. The van der Waals surface area contributed by atoms with E-state index in [2.05, 4.69) is 44.2 Å². The molecule has 0 saturated heterocycles. The van der Waals surface area contributed by atoms with Crippen LogP contribution in [0.4, 0.5) is 0 Å². The minimum atomic E-state index is 0.241. The maximum atomic E-state index is 5.97. The van der Waals surface area contributed by atoms with Crippen molar-refractivity contribution in [3.05, 3.63) is 59.2 Å². The van der Waals surface area contributed by atoms with Gasteiger partial charge in [0.1, 0.15) is 5.75 Å². The van der Waals surface area contributed by atoms with Crippen molar-refractivity contribution in [1.82, 2.24) is 0 Å². The van der Waals surface area contributed by atoms with E-state index in [-0.39, 0.29) is 5.25 Å². The van der Waals surface area contributed by atoms with E-state index in [1.165, 1.54) is 21.6 Å². The predicted molar refractivity (Wildman–Crippen MR) is 86.6 cm³/mol. The average Bonchev–Trinajstić information content (AvgIpc) is 2.48. The van der Waals surface area contributed by atoms with Crippen LogP contribution in [0.5, 0.6) is 5.75 Å². The SMILES string of the molecule is COc1cccc(C(CN)Sc2cc(C)ccc2C)c1. The van der Waals surface area contributed by atoms with Crippen LogP contribution in [-0.4, -0.2) is 13.7 Å². The molecule has 3 heteroatoms. The molecule has 0 amide bonds. The van der Waals surface area contributed by atoms with Gasteiger partial charge in [-0.15, -0.1) is 11.8 Å². The molecule has 0 aliphatic rings. The fourth-order valence-corrected chi connectivity index (χ4v) is 3.27. The zero-order valence-electron chi connectivity index (χ0n) is 12.2. The van der Waals surface area contributed by atoms with Crippen molar-refractivity contribution < 1.29 is 4.74 Å². The Morgan fingerprint density at radius 2 is 1.95 bits per heavy atom. The molecule has 2 aromatic rings. The van der Waals surface area contributed by atoms with Gasteiger partial charge >= 0.3 is 0 Å². The lowest BCUT2D eigenvalue weighted by Gasteiger charge is -2.17. The molecule has 106 valence electrons. The van der Waals surface area contributed by atoms with Crippen LogP contribution in [-0.2, 0) is 0 Å². The molecule has 0 heterocycles. The lowest BCUT2D eigenvalue weighted by Crippen LogP contribution is -2.09. The molecule has 0 radical (unpaired) electrons. The van der Waals surface area contributed by atoms with Crippen LogP contribution in [0, 0.1) is 13.8 Å². The molecule has 0 bridgehead atoms. The number of aryl methyl sites for hydroxylation is 2. The third kappa shape index (κ3) is 3.56. The molecule has 2 N–H and O–H groups in total. The van der Waals surface area contributed by atoms with Crippen LogP contribution >= 0.6 is 11.8 Å². The maximum absolute atomic E-state index is 5.97. The summed E-state index contributed by atoms with van der Waals surface area (Å²) in [6.07, 6.45) is 0. The van der Waals surface area contributed by atoms with E-state index in [0.717, 1.165) is 5.75 Å². The number of thioether (sulfide) groups is 1. The van der Waals surface area contributed by atoms with Gasteiger partial charge in [0, 0.05) is 16.7 Å². The molecule has 2 nitrogen and oxygen atoms in total. The van der Waals surface area contributed by atoms with Gasteiger partial charge in [-0.2, -0.15) is 0 Å². The van der Waals surface area contributed by atoms with Gasteiger partial charge in [-0.1, -0.05) is 29.8 Å². The summed E-state index contributed by atoms with van der Waals surface area (Å²) in [5, 5.41) is 0.241. The van der Waals surface area contributed by atoms with E-state index in [0.29, 0.717) is 6.54 Å². The smallest absolute Gasteiger partial charge is 0.119 e. The van der Waals surface area contributed by atoms with Crippen molar-refractivity contribution in [1.29, 1.82) is 0 Å². The third-order valence-electron chi connectivity index (χ3n) is 3.29. The number of methoxy groups -OCH3 is 1. The second-order valence-electron chi connectivity index (χ2n) is 4.89.